The molecule has 1 aromatic heterocycles. The number of rotatable bonds is 7. The van der Waals surface area contributed by atoms with Crippen LogP contribution in [-0.4, -0.2) is 34.8 Å². The molecule has 0 bridgehead atoms. The number of thioether (sulfide) groups is 1. The van der Waals surface area contributed by atoms with Crippen LogP contribution in [0, 0.1) is 19.7 Å². The number of nitrogens with zero attached hydrogens (tertiary/aromatic N) is 2. The minimum Gasteiger partial charge on any atom is -0.383 e. The van der Waals surface area contributed by atoms with E-state index in [4.69, 9.17) is 4.74 Å². The van der Waals surface area contributed by atoms with Crippen LogP contribution < -0.4 is 0 Å². The molecule has 118 valence electrons. The van der Waals surface area contributed by atoms with Gasteiger partial charge in [0.1, 0.15) is 5.82 Å². The van der Waals surface area contributed by atoms with Crippen LogP contribution in [0.25, 0.3) is 0 Å². The molecule has 0 saturated heterocycles. The van der Waals surface area contributed by atoms with E-state index in [1.165, 1.54) is 36.0 Å². The molecule has 0 aliphatic rings. The number of aryl methyl sites for hydroxylation is 1. The maximum Gasteiger partial charge on any atom is 0.173 e. The van der Waals surface area contributed by atoms with Crippen molar-refractivity contribution in [2.75, 3.05) is 19.5 Å². The van der Waals surface area contributed by atoms with Crippen molar-refractivity contribution in [1.29, 1.82) is 0 Å². The van der Waals surface area contributed by atoms with Crippen molar-refractivity contribution in [2.24, 2.45) is 0 Å². The standard InChI is InChI=1S/C16H19FN2O2S/c1-11-12(2)19(8-9-21-3)16(18-11)22-10-15(20)13-4-6-14(17)7-5-13/h4-7H,8-10H2,1-3H3. The van der Waals surface area contributed by atoms with Gasteiger partial charge >= 0.3 is 0 Å². The van der Waals surface area contributed by atoms with E-state index in [1.54, 1.807) is 7.11 Å². The summed E-state index contributed by atoms with van der Waals surface area (Å²) in [5, 5.41) is 0.808. The van der Waals surface area contributed by atoms with Gasteiger partial charge in [-0.3, -0.25) is 4.79 Å². The number of hydrogen-bond acceptors (Lipinski definition) is 4. The summed E-state index contributed by atoms with van der Waals surface area (Å²) in [6.07, 6.45) is 0. The number of imidazole rings is 1. The van der Waals surface area contributed by atoms with Crippen molar-refractivity contribution in [3.63, 3.8) is 0 Å². The molecule has 0 spiro atoms. The summed E-state index contributed by atoms with van der Waals surface area (Å²) in [7, 11) is 1.66. The molecule has 4 nitrogen and oxygen atoms in total. The number of aromatic nitrogens is 2. The van der Waals surface area contributed by atoms with Crippen LogP contribution in [0.15, 0.2) is 29.4 Å². The lowest BCUT2D eigenvalue weighted by atomic mass is 10.1. The third kappa shape index (κ3) is 3.96. The van der Waals surface area contributed by atoms with Crippen molar-refractivity contribution < 1.29 is 13.9 Å². The first-order valence-electron chi connectivity index (χ1n) is 6.97. The molecule has 0 fully saturated rings. The fourth-order valence-corrected chi connectivity index (χ4v) is 3.04. The number of halogens is 1. The van der Waals surface area contributed by atoms with Crippen LogP contribution in [0.3, 0.4) is 0 Å². The zero-order valence-electron chi connectivity index (χ0n) is 12.9. The molecular formula is C16H19FN2O2S. The average molecular weight is 322 g/mol. The quantitative estimate of drug-likeness (QED) is 0.580. The van der Waals surface area contributed by atoms with Crippen molar-refractivity contribution in [3.8, 4) is 0 Å². The molecule has 0 atom stereocenters. The van der Waals surface area contributed by atoms with E-state index in [9.17, 15) is 9.18 Å². The lowest BCUT2D eigenvalue weighted by Crippen LogP contribution is -2.09. The number of ether oxygens (including phenoxy) is 1. The van der Waals surface area contributed by atoms with Gasteiger partial charge in [-0.2, -0.15) is 0 Å². The highest BCUT2D eigenvalue weighted by Crippen LogP contribution is 2.22. The Morgan fingerprint density at radius 2 is 2.00 bits per heavy atom. The van der Waals surface area contributed by atoms with E-state index in [0.717, 1.165) is 16.5 Å². The number of hydrogen-bond donors (Lipinski definition) is 0. The summed E-state index contributed by atoms with van der Waals surface area (Å²) in [4.78, 5) is 16.6. The van der Waals surface area contributed by atoms with E-state index in [1.807, 2.05) is 13.8 Å². The monoisotopic (exact) mass is 322 g/mol. The fourth-order valence-electron chi connectivity index (χ4n) is 2.03. The topological polar surface area (TPSA) is 44.1 Å². The van der Waals surface area contributed by atoms with Gasteiger partial charge in [0.15, 0.2) is 10.9 Å². The molecule has 0 aliphatic heterocycles. The summed E-state index contributed by atoms with van der Waals surface area (Å²) in [5.41, 5.74) is 2.54. The molecule has 0 saturated carbocycles. The van der Waals surface area contributed by atoms with E-state index in [0.29, 0.717) is 18.7 Å². The summed E-state index contributed by atoms with van der Waals surface area (Å²) in [6.45, 7) is 5.25. The number of carbonyl (C=O) groups is 1. The normalized spacial score (nSPS) is 10.9. The van der Waals surface area contributed by atoms with Crippen molar-refractivity contribution >= 4 is 17.5 Å². The summed E-state index contributed by atoms with van der Waals surface area (Å²) < 4.78 is 20.0. The second-order valence-electron chi connectivity index (χ2n) is 4.93. The zero-order valence-corrected chi connectivity index (χ0v) is 13.7. The van der Waals surface area contributed by atoms with Crippen molar-refractivity contribution in [3.05, 3.63) is 47.0 Å². The van der Waals surface area contributed by atoms with Gasteiger partial charge in [0.05, 0.1) is 18.1 Å². The maximum atomic E-state index is 12.9. The molecular weight excluding hydrogens is 303 g/mol. The van der Waals surface area contributed by atoms with Gasteiger partial charge in [-0.05, 0) is 38.1 Å². The van der Waals surface area contributed by atoms with Gasteiger partial charge in [0.25, 0.3) is 0 Å². The third-order valence-electron chi connectivity index (χ3n) is 3.44. The summed E-state index contributed by atoms with van der Waals surface area (Å²) in [6, 6.07) is 5.61. The van der Waals surface area contributed by atoms with Gasteiger partial charge in [-0.15, -0.1) is 0 Å². The predicted octanol–water partition coefficient (Wildman–Crippen LogP) is 3.26. The van der Waals surface area contributed by atoms with Gasteiger partial charge < -0.3 is 9.30 Å². The third-order valence-corrected chi connectivity index (χ3v) is 4.42. The molecule has 22 heavy (non-hydrogen) atoms. The van der Waals surface area contributed by atoms with Crippen LogP contribution in [0.4, 0.5) is 4.39 Å². The molecule has 2 aromatic rings. The first-order chi connectivity index (χ1) is 10.5. The van der Waals surface area contributed by atoms with Gasteiger partial charge in [0, 0.05) is 24.9 Å². The molecule has 0 amide bonds. The Hall–Kier alpha value is -1.66. The molecule has 1 aromatic carbocycles. The second kappa shape index (κ2) is 7.56. The van der Waals surface area contributed by atoms with Crippen LogP contribution in [0.5, 0.6) is 0 Å². The Balaban J connectivity index is 2.06. The van der Waals surface area contributed by atoms with Crippen molar-refractivity contribution in [1.82, 2.24) is 9.55 Å². The van der Waals surface area contributed by atoms with Crippen LogP contribution >= 0.6 is 11.8 Å². The minimum atomic E-state index is -0.342. The molecule has 0 unspecified atom stereocenters. The fraction of sp³-hybridized carbons (Fsp3) is 0.375. The number of methoxy groups -OCH3 is 1. The molecule has 6 heteroatoms. The van der Waals surface area contributed by atoms with Gasteiger partial charge in [0.2, 0.25) is 0 Å². The highest BCUT2D eigenvalue weighted by atomic mass is 32.2. The minimum absolute atomic E-state index is 0.0402. The smallest absolute Gasteiger partial charge is 0.173 e. The highest BCUT2D eigenvalue weighted by molar-refractivity contribution is 7.99. The lowest BCUT2D eigenvalue weighted by Gasteiger charge is -2.09. The Bertz CT molecular complexity index is 653. The Morgan fingerprint density at radius 3 is 2.64 bits per heavy atom. The summed E-state index contributed by atoms with van der Waals surface area (Å²) in [5.74, 6) is -0.110. The summed E-state index contributed by atoms with van der Waals surface area (Å²) >= 11 is 1.39. The van der Waals surface area contributed by atoms with Crippen LogP contribution in [-0.2, 0) is 11.3 Å². The molecule has 0 radical (unpaired) electrons. The molecule has 2 rings (SSSR count). The van der Waals surface area contributed by atoms with Crippen LogP contribution in [0.1, 0.15) is 21.7 Å². The van der Waals surface area contributed by atoms with E-state index in [-0.39, 0.29) is 17.4 Å². The van der Waals surface area contributed by atoms with Gasteiger partial charge in [-0.25, -0.2) is 9.37 Å². The largest absolute Gasteiger partial charge is 0.383 e. The second-order valence-corrected chi connectivity index (χ2v) is 5.87. The van der Waals surface area contributed by atoms with E-state index < -0.39 is 0 Å². The Morgan fingerprint density at radius 1 is 1.32 bits per heavy atom. The van der Waals surface area contributed by atoms with E-state index >= 15 is 0 Å². The Kier molecular flexibility index (Phi) is 5.74. The molecule has 0 aliphatic carbocycles. The maximum absolute atomic E-state index is 12.9. The first-order valence-corrected chi connectivity index (χ1v) is 7.95. The average Bonchev–Trinajstić information content (AvgIpc) is 2.78. The predicted molar refractivity (Wildman–Crippen MR) is 85.0 cm³/mol. The molecule has 1 heterocycles. The van der Waals surface area contributed by atoms with Gasteiger partial charge in [-0.1, -0.05) is 11.8 Å². The van der Waals surface area contributed by atoms with E-state index in [2.05, 4.69) is 9.55 Å². The number of ketones is 1. The zero-order chi connectivity index (χ0) is 16.1. The Labute approximate surface area is 133 Å². The highest BCUT2D eigenvalue weighted by Gasteiger charge is 2.14. The van der Waals surface area contributed by atoms with Crippen molar-refractivity contribution in [2.45, 2.75) is 25.5 Å². The lowest BCUT2D eigenvalue weighted by molar-refractivity contribution is 0.102. The molecule has 0 N–H and O–H groups in total. The van der Waals surface area contributed by atoms with Crippen LogP contribution in [0.2, 0.25) is 0 Å². The first kappa shape index (κ1) is 16.7. The SMILES string of the molecule is COCCn1c(SCC(=O)c2ccc(F)cc2)nc(C)c1C. The number of Topliss-reactive ketones (excluding diaryl/α,β-unsaturated/α-hetero) is 1. The number of carbonyl (C=O) groups excluding carboxylic acids is 1. The number of benzene rings is 1.